The zero-order chi connectivity index (χ0) is 14.9. The van der Waals surface area contributed by atoms with Crippen molar-refractivity contribution in [2.75, 3.05) is 6.54 Å². The Labute approximate surface area is 130 Å². The van der Waals surface area contributed by atoms with Gasteiger partial charge in [0.2, 0.25) is 0 Å². The largest absolute Gasteiger partial charge is 0.351 e. The average molecular weight is 357 g/mol. The summed E-state index contributed by atoms with van der Waals surface area (Å²) in [6.45, 7) is 0.309. The van der Waals surface area contributed by atoms with Crippen LogP contribution in [-0.4, -0.2) is 32.2 Å². The number of hydrogen-bond acceptors (Lipinski definition) is 4. The first-order chi connectivity index (χ1) is 9.31. The zero-order valence-corrected chi connectivity index (χ0v) is 12.9. The van der Waals surface area contributed by atoms with Gasteiger partial charge in [-0.05, 0) is 12.1 Å². The highest BCUT2D eigenvalue weighted by Gasteiger charge is 2.27. The van der Waals surface area contributed by atoms with Crippen molar-refractivity contribution in [3.05, 3.63) is 27.2 Å². The molecular formula is C10H8Cl3N3O3S. The Morgan fingerprint density at radius 2 is 1.85 bits per heavy atom. The van der Waals surface area contributed by atoms with E-state index in [0.717, 1.165) is 5.01 Å². The number of carbonyl (C=O) groups excluding carboxylic acids is 1. The van der Waals surface area contributed by atoms with E-state index >= 15 is 0 Å². The predicted octanol–water partition coefficient (Wildman–Crippen LogP) is 2.74. The van der Waals surface area contributed by atoms with E-state index in [-0.39, 0.29) is 15.1 Å². The second-order valence-corrected chi connectivity index (χ2v) is 6.69. The molecule has 1 aliphatic rings. The van der Waals surface area contributed by atoms with Gasteiger partial charge in [0.1, 0.15) is 4.90 Å². The van der Waals surface area contributed by atoms with Crippen LogP contribution in [0.1, 0.15) is 6.42 Å². The Morgan fingerprint density at radius 1 is 1.25 bits per heavy atom. The summed E-state index contributed by atoms with van der Waals surface area (Å²) >= 11 is 17.3. The number of hydrazone groups is 1. The molecule has 0 saturated heterocycles. The third kappa shape index (κ3) is 3.17. The van der Waals surface area contributed by atoms with Crippen molar-refractivity contribution in [3.8, 4) is 0 Å². The number of sulfonamides is 1. The molecule has 0 saturated carbocycles. The number of benzene rings is 1. The van der Waals surface area contributed by atoms with Crippen LogP contribution in [0.5, 0.6) is 0 Å². The molecule has 0 aromatic heterocycles. The maximum Gasteiger partial charge on any atom is 0.351 e. The van der Waals surface area contributed by atoms with Crippen molar-refractivity contribution < 1.29 is 13.2 Å². The lowest BCUT2D eigenvalue weighted by atomic mass is 10.4. The first kappa shape index (κ1) is 15.4. The summed E-state index contributed by atoms with van der Waals surface area (Å²) < 4.78 is 26.1. The topological polar surface area (TPSA) is 78.8 Å². The minimum Gasteiger partial charge on any atom is -0.246 e. The standard InChI is InChI=1S/C10H8Cl3N3O3S/c11-6-4-7(12)9(8(13)5-6)20(18,19)15-10(17)16-3-1-2-14-16/h2,4-5H,1,3H2,(H,15,17). The van der Waals surface area contributed by atoms with Gasteiger partial charge in [-0.15, -0.1) is 0 Å². The van der Waals surface area contributed by atoms with E-state index in [2.05, 4.69) is 5.10 Å². The summed E-state index contributed by atoms with van der Waals surface area (Å²) in [5.74, 6) is 0. The van der Waals surface area contributed by atoms with Crippen LogP contribution in [0.2, 0.25) is 15.1 Å². The van der Waals surface area contributed by atoms with E-state index in [9.17, 15) is 13.2 Å². The van der Waals surface area contributed by atoms with E-state index in [1.54, 1.807) is 0 Å². The molecule has 20 heavy (non-hydrogen) atoms. The number of urea groups is 1. The van der Waals surface area contributed by atoms with Gasteiger partial charge < -0.3 is 0 Å². The number of amides is 2. The van der Waals surface area contributed by atoms with Gasteiger partial charge in [0.05, 0.1) is 16.6 Å². The van der Waals surface area contributed by atoms with Crippen molar-refractivity contribution in [1.29, 1.82) is 0 Å². The minimum absolute atomic E-state index is 0.173. The minimum atomic E-state index is -4.21. The van der Waals surface area contributed by atoms with Crippen LogP contribution >= 0.6 is 34.8 Å². The van der Waals surface area contributed by atoms with Crippen molar-refractivity contribution in [2.24, 2.45) is 5.10 Å². The molecule has 0 bridgehead atoms. The lowest BCUT2D eigenvalue weighted by Crippen LogP contribution is -2.39. The van der Waals surface area contributed by atoms with Crippen LogP contribution in [0.25, 0.3) is 0 Å². The summed E-state index contributed by atoms with van der Waals surface area (Å²) in [6.07, 6.45) is 2.07. The van der Waals surface area contributed by atoms with Gasteiger partial charge in [0.25, 0.3) is 10.0 Å². The fourth-order valence-corrected chi connectivity index (χ4v) is 4.05. The van der Waals surface area contributed by atoms with Gasteiger partial charge in [0, 0.05) is 17.7 Å². The lowest BCUT2D eigenvalue weighted by Gasteiger charge is -2.14. The Morgan fingerprint density at radius 3 is 2.35 bits per heavy atom. The highest BCUT2D eigenvalue weighted by atomic mass is 35.5. The fourth-order valence-electron chi connectivity index (χ4n) is 1.55. The Kier molecular flexibility index (Phi) is 4.43. The third-order valence-electron chi connectivity index (χ3n) is 2.38. The first-order valence-corrected chi connectivity index (χ1v) is 7.94. The third-order valence-corrected chi connectivity index (χ3v) is 4.84. The number of halogens is 3. The number of rotatable bonds is 2. The molecule has 10 heteroatoms. The number of nitrogens with zero attached hydrogens (tertiary/aromatic N) is 2. The Hall–Kier alpha value is -1.02. The smallest absolute Gasteiger partial charge is 0.246 e. The van der Waals surface area contributed by atoms with E-state index in [1.165, 1.54) is 18.3 Å². The normalized spacial score (nSPS) is 14.7. The maximum atomic E-state index is 12.1. The lowest BCUT2D eigenvalue weighted by molar-refractivity contribution is 0.211. The second-order valence-electron chi connectivity index (χ2n) is 3.82. The van der Waals surface area contributed by atoms with Crippen molar-refractivity contribution in [1.82, 2.24) is 9.73 Å². The molecule has 1 heterocycles. The molecule has 0 fully saturated rings. The van der Waals surface area contributed by atoms with Gasteiger partial charge in [-0.2, -0.15) is 5.10 Å². The Bertz CT molecular complexity index is 667. The molecular weight excluding hydrogens is 349 g/mol. The molecule has 1 aliphatic heterocycles. The molecule has 2 amide bonds. The van der Waals surface area contributed by atoms with Gasteiger partial charge in [-0.1, -0.05) is 34.8 Å². The van der Waals surface area contributed by atoms with Crippen LogP contribution < -0.4 is 4.72 Å². The molecule has 1 aromatic carbocycles. The second kappa shape index (κ2) is 5.77. The number of carbonyl (C=O) groups is 1. The summed E-state index contributed by atoms with van der Waals surface area (Å²) in [7, 11) is -4.21. The molecule has 1 N–H and O–H groups in total. The number of hydrogen-bond donors (Lipinski definition) is 1. The van der Waals surface area contributed by atoms with Crippen molar-refractivity contribution in [3.63, 3.8) is 0 Å². The van der Waals surface area contributed by atoms with E-state index in [1.807, 2.05) is 4.72 Å². The molecule has 2 rings (SSSR count). The highest BCUT2D eigenvalue weighted by molar-refractivity contribution is 7.90. The van der Waals surface area contributed by atoms with Crippen molar-refractivity contribution >= 4 is 57.1 Å². The van der Waals surface area contributed by atoms with E-state index in [4.69, 9.17) is 34.8 Å². The monoisotopic (exact) mass is 355 g/mol. The van der Waals surface area contributed by atoms with E-state index < -0.39 is 20.9 Å². The van der Waals surface area contributed by atoms with Crippen LogP contribution in [0, 0.1) is 0 Å². The van der Waals surface area contributed by atoms with E-state index in [0.29, 0.717) is 13.0 Å². The first-order valence-electron chi connectivity index (χ1n) is 5.32. The van der Waals surface area contributed by atoms with Gasteiger partial charge in [-0.3, -0.25) is 0 Å². The van der Waals surface area contributed by atoms with Crippen LogP contribution in [-0.2, 0) is 10.0 Å². The molecule has 0 atom stereocenters. The average Bonchev–Trinajstić information content (AvgIpc) is 2.78. The highest BCUT2D eigenvalue weighted by Crippen LogP contribution is 2.32. The summed E-state index contributed by atoms with van der Waals surface area (Å²) in [4.78, 5) is 11.3. The van der Waals surface area contributed by atoms with Crippen LogP contribution in [0.3, 0.4) is 0 Å². The zero-order valence-electron chi connectivity index (χ0n) is 9.81. The molecule has 0 aliphatic carbocycles. The summed E-state index contributed by atoms with van der Waals surface area (Å²) in [5.41, 5.74) is 0. The molecule has 1 aromatic rings. The quantitative estimate of drug-likeness (QED) is 0.885. The van der Waals surface area contributed by atoms with Gasteiger partial charge >= 0.3 is 6.03 Å². The number of nitrogens with one attached hydrogen (secondary N) is 1. The summed E-state index contributed by atoms with van der Waals surface area (Å²) in [6, 6.07) is 1.57. The fraction of sp³-hybridized carbons (Fsp3) is 0.200. The van der Waals surface area contributed by atoms with Crippen LogP contribution in [0.4, 0.5) is 4.79 Å². The van der Waals surface area contributed by atoms with Crippen molar-refractivity contribution in [2.45, 2.75) is 11.3 Å². The van der Waals surface area contributed by atoms with Gasteiger partial charge in [-0.25, -0.2) is 22.9 Å². The molecule has 108 valence electrons. The molecule has 0 unspecified atom stereocenters. The maximum absolute atomic E-state index is 12.1. The SMILES string of the molecule is O=C(NS(=O)(=O)c1c(Cl)cc(Cl)cc1Cl)N1CCC=N1. The van der Waals surface area contributed by atoms with Gasteiger partial charge in [0.15, 0.2) is 0 Å². The molecule has 0 spiro atoms. The Balaban J connectivity index is 2.31. The molecule has 0 radical (unpaired) electrons. The van der Waals surface area contributed by atoms with Crippen LogP contribution in [0.15, 0.2) is 22.1 Å². The molecule has 6 nitrogen and oxygen atoms in total. The predicted molar refractivity (Wildman–Crippen MR) is 77.0 cm³/mol. The summed E-state index contributed by atoms with van der Waals surface area (Å²) in [5, 5.41) is 4.55.